The molecule has 1 aliphatic rings. The van der Waals surface area contributed by atoms with Crippen LogP contribution < -0.4 is 0 Å². The molecule has 0 heteroatoms. The minimum atomic E-state index is 0.797. The molecule has 1 aliphatic carbocycles. The van der Waals surface area contributed by atoms with Gasteiger partial charge in [-0.2, -0.15) is 0 Å². The highest BCUT2D eigenvalue weighted by Crippen LogP contribution is 2.39. The van der Waals surface area contributed by atoms with Gasteiger partial charge in [0.25, 0.3) is 0 Å². The Morgan fingerprint density at radius 2 is 1.56 bits per heavy atom. The minimum Gasteiger partial charge on any atom is -0.0738 e. The maximum atomic E-state index is 2.47. The fourth-order valence-corrected chi connectivity index (χ4v) is 3.44. The third-order valence-corrected chi connectivity index (χ3v) is 5.16. The van der Waals surface area contributed by atoms with Gasteiger partial charge in [0.1, 0.15) is 0 Å². The van der Waals surface area contributed by atoms with Crippen LogP contribution in [-0.4, -0.2) is 0 Å². The Balaban J connectivity index is 2.96. The SMILES string of the molecule is CCC1CC(C)=C(C)C(C)C(CC)CC1C. The van der Waals surface area contributed by atoms with Gasteiger partial charge in [-0.1, -0.05) is 51.7 Å². The van der Waals surface area contributed by atoms with Crippen LogP contribution in [0.2, 0.25) is 0 Å². The highest BCUT2D eigenvalue weighted by atomic mass is 14.3. The Hall–Kier alpha value is -0.260. The number of rotatable bonds is 2. The number of hydrogen-bond donors (Lipinski definition) is 0. The van der Waals surface area contributed by atoms with E-state index in [1.165, 1.54) is 25.7 Å². The molecule has 0 saturated carbocycles. The van der Waals surface area contributed by atoms with Gasteiger partial charge in [-0.05, 0) is 50.4 Å². The molecular formula is C16H30. The monoisotopic (exact) mass is 222 g/mol. The van der Waals surface area contributed by atoms with E-state index in [4.69, 9.17) is 0 Å². The zero-order valence-corrected chi connectivity index (χ0v) is 12.1. The van der Waals surface area contributed by atoms with Crippen molar-refractivity contribution in [3.63, 3.8) is 0 Å². The molecule has 0 aromatic carbocycles. The van der Waals surface area contributed by atoms with Crippen LogP contribution in [0.25, 0.3) is 0 Å². The van der Waals surface area contributed by atoms with E-state index < -0.39 is 0 Å². The van der Waals surface area contributed by atoms with Crippen LogP contribution in [0.3, 0.4) is 0 Å². The van der Waals surface area contributed by atoms with E-state index in [0.717, 1.165) is 23.7 Å². The highest BCUT2D eigenvalue weighted by Gasteiger charge is 2.27. The van der Waals surface area contributed by atoms with Crippen LogP contribution in [0, 0.1) is 23.7 Å². The summed E-state index contributed by atoms with van der Waals surface area (Å²) in [6.07, 6.45) is 5.45. The van der Waals surface area contributed by atoms with Crippen LogP contribution in [0.4, 0.5) is 0 Å². The van der Waals surface area contributed by atoms with Crippen LogP contribution in [0.15, 0.2) is 11.1 Å². The lowest BCUT2D eigenvalue weighted by molar-refractivity contribution is 0.229. The molecule has 94 valence electrons. The normalized spacial score (nSPS) is 37.1. The second-order valence-electron chi connectivity index (χ2n) is 6.01. The molecule has 0 spiro atoms. The predicted molar refractivity (Wildman–Crippen MR) is 73.5 cm³/mol. The van der Waals surface area contributed by atoms with Gasteiger partial charge in [-0.3, -0.25) is 0 Å². The highest BCUT2D eigenvalue weighted by molar-refractivity contribution is 5.15. The van der Waals surface area contributed by atoms with Gasteiger partial charge in [0.15, 0.2) is 0 Å². The standard InChI is InChI=1S/C16H30/c1-7-15-9-11(3)13(5)14(6)16(8-2)10-12(15)4/h12,14-16H,7-10H2,1-6H3. The molecule has 0 bridgehead atoms. The van der Waals surface area contributed by atoms with Crippen LogP contribution in [-0.2, 0) is 0 Å². The molecule has 1 rings (SSSR count). The van der Waals surface area contributed by atoms with Crippen LogP contribution in [0.5, 0.6) is 0 Å². The summed E-state index contributed by atoms with van der Waals surface area (Å²) >= 11 is 0. The average molecular weight is 222 g/mol. The zero-order chi connectivity index (χ0) is 12.3. The molecule has 0 N–H and O–H groups in total. The maximum Gasteiger partial charge on any atom is -0.0203 e. The maximum absolute atomic E-state index is 2.47. The van der Waals surface area contributed by atoms with E-state index in [2.05, 4.69) is 41.5 Å². The molecule has 0 amide bonds. The van der Waals surface area contributed by atoms with Crippen molar-refractivity contribution in [1.82, 2.24) is 0 Å². The number of allylic oxidation sites excluding steroid dienone is 2. The third kappa shape index (κ3) is 2.90. The molecular weight excluding hydrogens is 192 g/mol. The van der Waals surface area contributed by atoms with E-state index in [1.54, 1.807) is 11.1 Å². The Labute approximate surface area is 103 Å². The Kier molecular flexibility index (Phi) is 5.08. The molecule has 4 atom stereocenters. The molecule has 0 fully saturated rings. The molecule has 0 nitrogen and oxygen atoms in total. The lowest BCUT2D eigenvalue weighted by Crippen LogP contribution is -2.24. The van der Waals surface area contributed by atoms with Gasteiger partial charge in [-0.25, -0.2) is 0 Å². The van der Waals surface area contributed by atoms with Crippen molar-refractivity contribution in [2.75, 3.05) is 0 Å². The van der Waals surface area contributed by atoms with Crippen LogP contribution >= 0.6 is 0 Å². The smallest absolute Gasteiger partial charge is 0.0203 e. The summed E-state index contributed by atoms with van der Waals surface area (Å²) < 4.78 is 0. The topological polar surface area (TPSA) is 0 Å². The summed E-state index contributed by atoms with van der Waals surface area (Å²) in [4.78, 5) is 0. The van der Waals surface area contributed by atoms with Crippen molar-refractivity contribution in [2.24, 2.45) is 23.7 Å². The van der Waals surface area contributed by atoms with Gasteiger partial charge in [0.2, 0.25) is 0 Å². The summed E-state index contributed by atoms with van der Waals surface area (Å²) in [5.74, 6) is 3.52. The third-order valence-electron chi connectivity index (χ3n) is 5.16. The first-order valence-electron chi connectivity index (χ1n) is 7.17. The molecule has 0 saturated heterocycles. The van der Waals surface area contributed by atoms with Crippen molar-refractivity contribution >= 4 is 0 Å². The Morgan fingerprint density at radius 3 is 2.06 bits per heavy atom. The van der Waals surface area contributed by atoms with E-state index in [1.807, 2.05) is 0 Å². The fraction of sp³-hybridized carbons (Fsp3) is 0.875. The average Bonchev–Trinajstić information content (AvgIpc) is 2.29. The van der Waals surface area contributed by atoms with Gasteiger partial charge in [0.05, 0.1) is 0 Å². The van der Waals surface area contributed by atoms with Crippen molar-refractivity contribution < 1.29 is 0 Å². The first-order valence-corrected chi connectivity index (χ1v) is 7.17. The summed E-state index contributed by atoms with van der Waals surface area (Å²) in [5.41, 5.74) is 3.35. The lowest BCUT2D eigenvalue weighted by atomic mass is 9.71. The molecule has 0 radical (unpaired) electrons. The largest absolute Gasteiger partial charge is 0.0738 e. The van der Waals surface area contributed by atoms with Gasteiger partial charge in [0, 0.05) is 0 Å². The second kappa shape index (κ2) is 5.89. The molecule has 4 unspecified atom stereocenters. The van der Waals surface area contributed by atoms with Crippen molar-refractivity contribution in [2.45, 2.75) is 67.2 Å². The first kappa shape index (κ1) is 13.8. The first-order chi connectivity index (χ1) is 7.51. The summed E-state index contributed by atoms with van der Waals surface area (Å²) in [7, 11) is 0. The summed E-state index contributed by atoms with van der Waals surface area (Å²) in [6, 6.07) is 0. The lowest BCUT2D eigenvalue weighted by Gasteiger charge is -2.35. The minimum absolute atomic E-state index is 0.797. The predicted octanol–water partition coefficient (Wildman–Crippen LogP) is 5.44. The Morgan fingerprint density at radius 1 is 1.00 bits per heavy atom. The van der Waals surface area contributed by atoms with Gasteiger partial charge in [-0.15, -0.1) is 0 Å². The summed E-state index contributed by atoms with van der Waals surface area (Å²) in [6.45, 7) is 14.4. The van der Waals surface area contributed by atoms with E-state index in [-0.39, 0.29) is 0 Å². The fourth-order valence-electron chi connectivity index (χ4n) is 3.44. The van der Waals surface area contributed by atoms with Crippen molar-refractivity contribution in [3.8, 4) is 0 Å². The van der Waals surface area contributed by atoms with Gasteiger partial charge >= 0.3 is 0 Å². The van der Waals surface area contributed by atoms with Crippen LogP contribution in [0.1, 0.15) is 67.2 Å². The zero-order valence-electron chi connectivity index (χ0n) is 12.1. The van der Waals surface area contributed by atoms with E-state index in [0.29, 0.717) is 0 Å². The Bertz CT molecular complexity index is 249. The molecule has 0 aliphatic heterocycles. The van der Waals surface area contributed by atoms with E-state index in [9.17, 15) is 0 Å². The quantitative estimate of drug-likeness (QED) is 0.546. The van der Waals surface area contributed by atoms with E-state index >= 15 is 0 Å². The van der Waals surface area contributed by atoms with Crippen molar-refractivity contribution in [1.29, 1.82) is 0 Å². The van der Waals surface area contributed by atoms with Gasteiger partial charge < -0.3 is 0 Å². The molecule has 16 heavy (non-hydrogen) atoms. The molecule has 0 aromatic rings. The summed E-state index contributed by atoms with van der Waals surface area (Å²) in [5, 5.41) is 0. The van der Waals surface area contributed by atoms with Crippen molar-refractivity contribution in [3.05, 3.63) is 11.1 Å². The number of hydrogen-bond acceptors (Lipinski definition) is 0. The molecule has 0 heterocycles. The second-order valence-corrected chi connectivity index (χ2v) is 6.01. The molecule has 0 aromatic heterocycles.